The van der Waals surface area contributed by atoms with Gasteiger partial charge in [-0.1, -0.05) is 0 Å². The lowest BCUT2D eigenvalue weighted by atomic mass is 10.0. The molecule has 6 heteroatoms. The number of hydrogen-bond acceptors (Lipinski definition) is 6. The number of phenols is 1. The van der Waals surface area contributed by atoms with Gasteiger partial charge in [0.2, 0.25) is 5.75 Å². The molecule has 1 N–H and O–H groups in total. The van der Waals surface area contributed by atoms with Crippen LogP contribution in [0.1, 0.15) is 10.4 Å². The summed E-state index contributed by atoms with van der Waals surface area (Å²) in [6.45, 7) is 0. The third kappa shape index (κ3) is 2.52. The van der Waals surface area contributed by atoms with E-state index in [1.165, 1.54) is 26.6 Å². The topological polar surface area (TPSA) is 72.1 Å². The Labute approximate surface area is 122 Å². The summed E-state index contributed by atoms with van der Waals surface area (Å²) >= 11 is 0. The Hall–Kier alpha value is -2.63. The van der Waals surface area contributed by atoms with Crippen molar-refractivity contribution in [2.75, 3.05) is 28.3 Å². The molecule has 2 aromatic rings. The van der Waals surface area contributed by atoms with E-state index in [1.54, 1.807) is 31.3 Å². The Bertz CT molecular complexity index is 700. The second kappa shape index (κ2) is 5.78. The van der Waals surface area contributed by atoms with Crippen LogP contribution < -0.4 is 9.47 Å². The van der Waals surface area contributed by atoms with Crippen molar-refractivity contribution in [3.63, 3.8) is 0 Å². The standard InChI is InChI=1S/C15H17NO5/c1-16(2)7-5-10(17)11-12(18)15(20-4)14-9(6-8-21-14)13(11)19-3/h5-8,18H,1-4H3/b7-5+. The number of rotatable bonds is 5. The van der Waals surface area contributed by atoms with Gasteiger partial charge in [0.05, 0.1) is 25.9 Å². The van der Waals surface area contributed by atoms with Gasteiger partial charge in [0.15, 0.2) is 17.1 Å². The fourth-order valence-electron chi connectivity index (χ4n) is 2.06. The van der Waals surface area contributed by atoms with Crippen LogP contribution in [-0.4, -0.2) is 44.1 Å². The largest absolute Gasteiger partial charge is 0.504 e. The van der Waals surface area contributed by atoms with Crippen molar-refractivity contribution in [3.8, 4) is 17.2 Å². The highest BCUT2D eigenvalue weighted by molar-refractivity contribution is 6.13. The molecule has 6 nitrogen and oxygen atoms in total. The number of furan rings is 1. The maximum absolute atomic E-state index is 12.3. The van der Waals surface area contributed by atoms with Crippen LogP contribution in [0.4, 0.5) is 0 Å². The van der Waals surface area contributed by atoms with Gasteiger partial charge in [0, 0.05) is 26.4 Å². The molecule has 2 rings (SSSR count). The number of methoxy groups -OCH3 is 2. The molecule has 0 aliphatic heterocycles. The Kier molecular flexibility index (Phi) is 4.07. The van der Waals surface area contributed by atoms with Crippen LogP contribution in [0.5, 0.6) is 17.2 Å². The predicted molar refractivity (Wildman–Crippen MR) is 78.1 cm³/mol. The zero-order valence-corrected chi connectivity index (χ0v) is 12.3. The first-order chi connectivity index (χ1) is 10.0. The smallest absolute Gasteiger partial charge is 0.205 e. The van der Waals surface area contributed by atoms with E-state index < -0.39 is 0 Å². The SMILES string of the molecule is COc1c(C(=O)/C=C/N(C)C)c(O)c(OC)c2occc12. The molecular formula is C15H17NO5. The molecule has 0 saturated carbocycles. The van der Waals surface area contributed by atoms with Crippen LogP contribution in [0.25, 0.3) is 11.0 Å². The molecule has 1 aromatic carbocycles. The first kappa shape index (κ1) is 14.8. The number of fused-ring (bicyclic) bond motifs is 1. The number of benzene rings is 1. The lowest BCUT2D eigenvalue weighted by Crippen LogP contribution is -2.05. The number of allylic oxidation sites excluding steroid dienone is 1. The van der Waals surface area contributed by atoms with Gasteiger partial charge in [-0.15, -0.1) is 0 Å². The number of carbonyl (C=O) groups excluding carboxylic acids is 1. The summed E-state index contributed by atoms with van der Waals surface area (Å²) in [5.74, 6) is -0.326. The number of carbonyl (C=O) groups is 1. The molecule has 0 amide bonds. The molecule has 0 spiro atoms. The van der Waals surface area contributed by atoms with Crippen LogP contribution in [0.2, 0.25) is 0 Å². The van der Waals surface area contributed by atoms with Crippen molar-refractivity contribution in [3.05, 3.63) is 30.2 Å². The first-order valence-electron chi connectivity index (χ1n) is 6.24. The number of ketones is 1. The minimum Gasteiger partial charge on any atom is -0.504 e. The third-order valence-electron chi connectivity index (χ3n) is 2.97. The van der Waals surface area contributed by atoms with E-state index in [0.717, 1.165) is 0 Å². The fraction of sp³-hybridized carbons (Fsp3) is 0.267. The highest BCUT2D eigenvalue weighted by Gasteiger charge is 2.26. The number of aromatic hydroxyl groups is 1. The minimum atomic E-state index is -0.389. The van der Waals surface area contributed by atoms with Crippen LogP contribution in [0.3, 0.4) is 0 Å². The zero-order valence-electron chi connectivity index (χ0n) is 12.3. The molecular weight excluding hydrogens is 274 g/mol. The van der Waals surface area contributed by atoms with Crippen molar-refractivity contribution >= 4 is 16.8 Å². The number of phenolic OH excluding ortho intramolecular Hbond substituents is 1. The van der Waals surface area contributed by atoms with Crippen molar-refractivity contribution < 1.29 is 23.8 Å². The predicted octanol–water partition coefficient (Wildman–Crippen LogP) is 2.41. The summed E-state index contributed by atoms with van der Waals surface area (Å²) in [7, 11) is 6.41. The molecule has 21 heavy (non-hydrogen) atoms. The van der Waals surface area contributed by atoms with E-state index >= 15 is 0 Å². The first-order valence-corrected chi connectivity index (χ1v) is 6.24. The molecule has 0 bridgehead atoms. The second-order valence-corrected chi connectivity index (χ2v) is 4.60. The quantitative estimate of drug-likeness (QED) is 0.673. The second-order valence-electron chi connectivity index (χ2n) is 4.60. The zero-order chi connectivity index (χ0) is 15.6. The van der Waals surface area contributed by atoms with Crippen molar-refractivity contribution in [1.29, 1.82) is 0 Å². The molecule has 1 aromatic heterocycles. The van der Waals surface area contributed by atoms with E-state index in [1.807, 2.05) is 0 Å². The molecule has 0 fully saturated rings. The van der Waals surface area contributed by atoms with E-state index in [-0.39, 0.29) is 28.6 Å². The molecule has 112 valence electrons. The summed E-state index contributed by atoms with van der Waals surface area (Å²) in [4.78, 5) is 14.1. The maximum Gasteiger partial charge on any atom is 0.205 e. The lowest BCUT2D eigenvalue weighted by molar-refractivity contribution is 0.104. The van der Waals surface area contributed by atoms with Crippen LogP contribution >= 0.6 is 0 Å². The number of nitrogens with zero attached hydrogens (tertiary/aromatic N) is 1. The van der Waals surface area contributed by atoms with E-state index in [4.69, 9.17) is 13.9 Å². The lowest BCUT2D eigenvalue weighted by Gasteiger charge is -2.13. The van der Waals surface area contributed by atoms with Crippen molar-refractivity contribution in [2.24, 2.45) is 0 Å². The van der Waals surface area contributed by atoms with Gasteiger partial charge in [-0.3, -0.25) is 4.79 Å². The molecule has 0 saturated heterocycles. The summed E-state index contributed by atoms with van der Waals surface area (Å²) < 4.78 is 15.7. The van der Waals surface area contributed by atoms with Gasteiger partial charge in [0.1, 0.15) is 11.3 Å². The summed E-state index contributed by atoms with van der Waals surface area (Å²) in [5, 5.41) is 10.9. The van der Waals surface area contributed by atoms with E-state index in [9.17, 15) is 9.90 Å². The Morgan fingerprint density at radius 2 is 1.95 bits per heavy atom. The van der Waals surface area contributed by atoms with E-state index in [0.29, 0.717) is 11.0 Å². The van der Waals surface area contributed by atoms with Crippen LogP contribution in [0.15, 0.2) is 29.0 Å². The average Bonchev–Trinajstić information content (AvgIpc) is 2.92. The summed E-state index contributed by atoms with van der Waals surface area (Å²) in [6, 6.07) is 1.66. The van der Waals surface area contributed by atoms with Gasteiger partial charge in [-0.05, 0) is 6.07 Å². The molecule has 0 atom stereocenters. The van der Waals surface area contributed by atoms with E-state index in [2.05, 4.69) is 0 Å². The molecule has 1 heterocycles. The molecule has 0 unspecified atom stereocenters. The summed E-state index contributed by atoms with van der Waals surface area (Å²) in [5.41, 5.74) is 0.376. The normalized spacial score (nSPS) is 11.0. The third-order valence-corrected chi connectivity index (χ3v) is 2.97. The number of hydrogen-bond donors (Lipinski definition) is 1. The van der Waals surface area contributed by atoms with Gasteiger partial charge in [0.25, 0.3) is 0 Å². The van der Waals surface area contributed by atoms with Gasteiger partial charge in [-0.2, -0.15) is 0 Å². The number of ether oxygens (including phenoxy) is 2. The fourth-order valence-corrected chi connectivity index (χ4v) is 2.06. The van der Waals surface area contributed by atoms with Gasteiger partial charge < -0.3 is 23.9 Å². The molecule has 0 aliphatic carbocycles. The van der Waals surface area contributed by atoms with Crippen LogP contribution in [0, 0.1) is 0 Å². The van der Waals surface area contributed by atoms with Gasteiger partial charge >= 0.3 is 0 Å². The Morgan fingerprint density at radius 3 is 2.52 bits per heavy atom. The van der Waals surface area contributed by atoms with Crippen molar-refractivity contribution in [1.82, 2.24) is 4.90 Å². The van der Waals surface area contributed by atoms with Crippen molar-refractivity contribution in [2.45, 2.75) is 0 Å². The highest BCUT2D eigenvalue weighted by atomic mass is 16.5. The molecule has 0 radical (unpaired) electrons. The monoisotopic (exact) mass is 291 g/mol. The average molecular weight is 291 g/mol. The minimum absolute atomic E-state index is 0.0429. The Balaban J connectivity index is 2.71. The summed E-state index contributed by atoms with van der Waals surface area (Å²) in [6.07, 6.45) is 4.38. The van der Waals surface area contributed by atoms with Crippen LogP contribution in [-0.2, 0) is 0 Å². The Morgan fingerprint density at radius 1 is 1.29 bits per heavy atom. The molecule has 0 aliphatic rings. The highest BCUT2D eigenvalue weighted by Crippen LogP contribution is 2.45. The van der Waals surface area contributed by atoms with Gasteiger partial charge in [-0.25, -0.2) is 0 Å². The maximum atomic E-state index is 12.3.